The van der Waals surface area contributed by atoms with Crippen molar-refractivity contribution in [1.82, 2.24) is 5.32 Å². The SMILES string of the molecule is COCCNC(=O)Cc1ccc(NC(=O)OC)cc1. The second kappa shape index (κ2) is 8.10. The summed E-state index contributed by atoms with van der Waals surface area (Å²) >= 11 is 0. The number of methoxy groups -OCH3 is 2. The summed E-state index contributed by atoms with van der Waals surface area (Å²) in [5, 5.41) is 5.27. The highest BCUT2D eigenvalue weighted by Gasteiger charge is 2.04. The minimum atomic E-state index is -0.523. The van der Waals surface area contributed by atoms with Crippen molar-refractivity contribution in [1.29, 1.82) is 0 Å². The third kappa shape index (κ3) is 5.87. The molecule has 0 unspecified atom stereocenters. The molecule has 0 aromatic heterocycles. The van der Waals surface area contributed by atoms with Gasteiger partial charge >= 0.3 is 6.09 Å². The van der Waals surface area contributed by atoms with Crippen LogP contribution in [0, 0.1) is 0 Å². The van der Waals surface area contributed by atoms with Crippen molar-refractivity contribution in [2.45, 2.75) is 6.42 Å². The molecule has 0 radical (unpaired) electrons. The molecule has 19 heavy (non-hydrogen) atoms. The predicted octanol–water partition coefficient (Wildman–Crippen LogP) is 1.17. The molecule has 0 aliphatic rings. The normalized spacial score (nSPS) is 9.79. The maximum atomic E-state index is 11.5. The molecule has 0 atom stereocenters. The van der Waals surface area contributed by atoms with E-state index in [-0.39, 0.29) is 5.91 Å². The summed E-state index contributed by atoms with van der Waals surface area (Å²) in [5.41, 5.74) is 1.49. The lowest BCUT2D eigenvalue weighted by Gasteiger charge is -2.06. The van der Waals surface area contributed by atoms with E-state index in [4.69, 9.17) is 4.74 Å². The van der Waals surface area contributed by atoms with E-state index in [1.807, 2.05) is 0 Å². The Labute approximate surface area is 112 Å². The van der Waals surface area contributed by atoms with Gasteiger partial charge in [-0.1, -0.05) is 12.1 Å². The van der Waals surface area contributed by atoms with Crippen LogP contribution in [0.4, 0.5) is 10.5 Å². The van der Waals surface area contributed by atoms with Gasteiger partial charge in [-0.3, -0.25) is 10.1 Å². The first-order valence-electron chi connectivity index (χ1n) is 5.85. The zero-order chi connectivity index (χ0) is 14.1. The van der Waals surface area contributed by atoms with Crippen LogP contribution in [0.3, 0.4) is 0 Å². The molecule has 2 amide bonds. The van der Waals surface area contributed by atoms with Crippen molar-refractivity contribution in [3.63, 3.8) is 0 Å². The van der Waals surface area contributed by atoms with E-state index < -0.39 is 6.09 Å². The van der Waals surface area contributed by atoms with Crippen molar-refractivity contribution < 1.29 is 19.1 Å². The summed E-state index contributed by atoms with van der Waals surface area (Å²) in [7, 11) is 2.88. The second-order valence-electron chi connectivity index (χ2n) is 3.83. The molecule has 2 N–H and O–H groups in total. The quantitative estimate of drug-likeness (QED) is 0.758. The van der Waals surface area contributed by atoms with Crippen molar-refractivity contribution in [2.75, 3.05) is 32.7 Å². The number of ether oxygens (including phenoxy) is 2. The number of carbonyl (C=O) groups excluding carboxylic acids is 2. The van der Waals surface area contributed by atoms with Crippen LogP contribution in [-0.2, 0) is 20.7 Å². The monoisotopic (exact) mass is 266 g/mol. The number of hydrogen-bond acceptors (Lipinski definition) is 4. The molecule has 0 heterocycles. The molecule has 0 saturated carbocycles. The molecule has 0 aliphatic heterocycles. The summed E-state index contributed by atoms with van der Waals surface area (Å²) in [6.45, 7) is 0.991. The summed E-state index contributed by atoms with van der Waals surface area (Å²) in [4.78, 5) is 22.5. The Kier molecular flexibility index (Phi) is 6.38. The molecule has 1 rings (SSSR count). The topological polar surface area (TPSA) is 76.7 Å². The minimum absolute atomic E-state index is 0.0641. The highest BCUT2D eigenvalue weighted by Crippen LogP contribution is 2.10. The van der Waals surface area contributed by atoms with Gasteiger partial charge < -0.3 is 14.8 Å². The lowest BCUT2D eigenvalue weighted by Crippen LogP contribution is -2.28. The van der Waals surface area contributed by atoms with E-state index >= 15 is 0 Å². The Morgan fingerprint density at radius 3 is 2.42 bits per heavy atom. The lowest BCUT2D eigenvalue weighted by molar-refractivity contribution is -0.120. The minimum Gasteiger partial charge on any atom is -0.453 e. The van der Waals surface area contributed by atoms with Crippen LogP contribution in [0.1, 0.15) is 5.56 Å². The number of rotatable bonds is 6. The highest BCUT2D eigenvalue weighted by atomic mass is 16.5. The molecule has 0 spiro atoms. The Hall–Kier alpha value is -2.08. The largest absolute Gasteiger partial charge is 0.453 e. The third-order valence-electron chi connectivity index (χ3n) is 2.38. The zero-order valence-corrected chi connectivity index (χ0v) is 11.1. The van der Waals surface area contributed by atoms with Gasteiger partial charge in [0.25, 0.3) is 0 Å². The first kappa shape index (κ1) is 15.0. The standard InChI is InChI=1S/C13H18N2O4/c1-18-8-7-14-12(16)9-10-3-5-11(6-4-10)15-13(17)19-2/h3-6H,7-9H2,1-2H3,(H,14,16)(H,15,17). The van der Waals surface area contributed by atoms with Gasteiger partial charge in [-0.05, 0) is 17.7 Å². The number of hydrogen-bond donors (Lipinski definition) is 2. The number of amides is 2. The summed E-state index contributed by atoms with van der Waals surface area (Å²) < 4.78 is 9.32. The molecule has 0 aliphatic carbocycles. The van der Waals surface area contributed by atoms with E-state index in [2.05, 4.69) is 15.4 Å². The molecule has 1 aromatic rings. The maximum absolute atomic E-state index is 11.5. The van der Waals surface area contributed by atoms with Crippen LogP contribution in [-0.4, -0.2) is 39.4 Å². The van der Waals surface area contributed by atoms with Gasteiger partial charge in [0, 0.05) is 19.3 Å². The first-order valence-corrected chi connectivity index (χ1v) is 5.85. The molecular weight excluding hydrogens is 248 g/mol. The van der Waals surface area contributed by atoms with E-state index in [0.717, 1.165) is 5.56 Å². The first-order chi connectivity index (χ1) is 9.15. The Bertz CT molecular complexity index is 417. The maximum Gasteiger partial charge on any atom is 0.411 e. The van der Waals surface area contributed by atoms with Crippen LogP contribution in [0.25, 0.3) is 0 Å². The highest BCUT2D eigenvalue weighted by molar-refractivity contribution is 5.84. The Morgan fingerprint density at radius 1 is 1.16 bits per heavy atom. The molecule has 0 saturated heterocycles. The molecule has 0 bridgehead atoms. The smallest absolute Gasteiger partial charge is 0.411 e. The molecule has 6 nitrogen and oxygen atoms in total. The van der Waals surface area contributed by atoms with Gasteiger partial charge in [0.05, 0.1) is 20.1 Å². The van der Waals surface area contributed by atoms with Crippen LogP contribution in [0.15, 0.2) is 24.3 Å². The van der Waals surface area contributed by atoms with Crippen LogP contribution in [0.2, 0.25) is 0 Å². The van der Waals surface area contributed by atoms with Gasteiger partial charge in [-0.2, -0.15) is 0 Å². The van der Waals surface area contributed by atoms with E-state index in [1.54, 1.807) is 31.4 Å². The third-order valence-corrected chi connectivity index (χ3v) is 2.38. The molecular formula is C13H18N2O4. The van der Waals surface area contributed by atoms with Crippen molar-refractivity contribution in [3.05, 3.63) is 29.8 Å². The average molecular weight is 266 g/mol. The summed E-state index contributed by atoms with van der Waals surface area (Å²) in [6.07, 6.45) is -0.229. The average Bonchev–Trinajstić information content (AvgIpc) is 2.41. The number of benzene rings is 1. The number of carbonyl (C=O) groups is 2. The van der Waals surface area contributed by atoms with Gasteiger partial charge in [-0.25, -0.2) is 4.79 Å². The molecule has 1 aromatic carbocycles. The van der Waals surface area contributed by atoms with Gasteiger partial charge in [0.15, 0.2) is 0 Å². The van der Waals surface area contributed by atoms with Gasteiger partial charge in [-0.15, -0.1) is 0 Å². The van der Waals surface area contributed by atoms with Crippen LogP contribution >= 0.6 is 0 Å². The summed E-state index contributed by atoms with van der Waals surface area (Å²) in [6, 6.07) is 6.99. The zero-order valence-electron chi connectivity index (χ0n) is 11.1. The van der Waals surface area contributed by atoms with Gasteiger partial charge in [0.2, 0.25) is 5.91 Å². The van der Waals surface area contributed by atoms with E-state index in [9.17, 15) is 9.59 Å². The van der Waals surface area contributed by atoms with Crippen LogP contribution in [0.5, 0.6) is 0 Å². The molecule has 104 valence electrons. The van der Waals surface area contributed by atoms with E-state index in [0.29, 0.717) is 25.3 Å². The van der Waals surface area contributed by atoms with Crippen molar-refractivity contribution in [2.24, 2.45) is 0 Å². The fraction of sp³-hybridized carbons (Fsp3) is 0.385. The summed E-state index contributed by atoms with van der Waals surface area (Å²) in [5.74, 6) is -0.0641. The van der Waals surface area contributed by atoms with Crippen molar-refractivity contribution in [3.8, 4) is 0 Å². The molecule has 6 heteroatoms. The molecule has 0 fully saturated rings. The van der Waals surface area contributed by atoms with Crippen LogP contribution < -0.4 is 10.6 Å². The lowest BCUT2D eigenvalue weighted by atomic mass is 10.1. The second-order valence-corrected chi connectivity index (χ2v) is 3.83. The fourth-order valence-electron chi connectivity index (χ4n) is 1.42. The predicted molar refractivity (Wildman–Crippen MR) is 71.1 cm³/mol. The van der Waals surface area contributed by atoms with E-state index in [1.165, 1.54) is 7.11 Å². The number of anilines is 1. The Balaban J connectivity index is 2.43. The van der Waals surface area contributed by atoms with Gasteiger partial charge in [0.1, 0.15) is 0 Å². The number of nitrogens with one attached hydrogen (secondary N) is 2. The fourth-order valence-corrected chi connectivity index (χ4v) is 1.42. The van der Waals surface area contributed by atoms with Crippen molar-refractivity contribution >= 4 is 17.7 Å². The Morgan fingerprint density at radius 2 is 1.84 bits per heavy atom.